The molecule has 1 aliphatic carbocycles. The zero-order chi connectivity index (χ0) is 14.3. The van der Waals surface area contributed by atoms with Crippen molar-refractivity contribution in [3.8, 4) is 0 Å². The van der Waals surface area contributed by atoms with Crippen LogP contribution in [0.5, 0.6) is 0 Å². The number of urea groups is 1. The molecule has 0 unspecified atom stereocenters. The summed E-state index contributed by atoms with van der Waals surface area (Å²) in [6.45, 7) is 2.03. The summed E-state index contributed by atoms with van der Waals surface area (Å²) in [4.78, 5) is 15.8. The van der Waals surface area contributed by atoms with Gasteiger partial charge in [-0.1, -0.05) is 6.42 Å². The van der Waals surface area contributed by atoms with Crippen LogP contribution in [0.3, 0.4) is 0 Å². The number of carbonyl (C=O) groups excluding carboxylic acids is 1. The Balaban J connectivity index is 1.69. The summed E-state index contributed by atoms with van der Waals surface area (Å²) in [7, 11) is 1.72. The highest BCUT2D eigenvalue weighted by molar-refractivity contribution is 5.73. The van der Waals surface area contributed by atoms with E-state index in [2.05, 4.69) is 15.6 Å². The molecule has 1 saturated carbocycles. The topological polar surface area (TPSA) is 63.2 Å². The Kier molecular flexibility index (Phi) is 5.35. The first-order chi connectivity index (χ1) is 9.74. The van der Waals surface area contributed by atoms with Crippen molar-refractivity contribution in [2.75, 3.05) is 20.3 Å². The number of amides is 2. The van der Waals surface area contributed by atoms with Crippen LogP contribution in [0.2, 0.25) is 0 Å². The lowest BCUT2D eigenvalue weighted by atomic mass is 9.67. The van der Waals surface area contributed by atoms with E-state index in [1.54, 1.807) is 19.5 Å². The molecule has 5 heteroatoms. The molecule has 1 aromatic rings. The molecule has 0 spiro atoms. The monoisotopic (exact) mass is 277 g/mol. The Labute approximate surface area is 120 Å². The maximum absolute atomic E-state index is 11.8. The van der Waals surface area contributed by atoms with Crippen LogP contribution in [0.15, 0.2) is 24.5 Å². The fourth-order valence-corrected chi connectivity index (χ4v) is 2.52. The van der Waals surface area contributed by atoms with Gasteiger partial charge < -0.3 is 15.4 Å². The normalized spacial score (nSPS) is 16.2. The third-order valence-electron chi connectivity index (χ3n) is 4.08. The van der Waals surface area contributed by atoms with Crippen LogP contribution in [0.4, 0.5) is 4.79 Å². The van der Waals surface area contributed by atoms with E-state index in [-0.39, 0.29) is 11.4 Å². The van der Waals surface area contributed by atoms with E-state index in [0.717, 1.165) is 25.1 Å². The zero-order valence-electron chi connectivity index (χ0n) is 12.0. The van der Waals surface area contributed by atoms with Gasteiger partial charge in [0.05, 0.1) is 0 Å². The van der Waals surface area contributed by atoms with Crippen LogP contribution in [-0.4, -0.2) is 31.3 Å². The smallest absolute Gasteiger partial charge is 0.315 e. The van der Waals surface area contributed by atoms with E-state index in [9.17, 15) is 4.79 Å². The number of nitrogens with zero attached hydrogens (tertiary/aromatic N) is 1. The van der Waals surface area contributed by atoms with Crippen molar-refractivity contribution in [1.82, 2.24) is 15.6 Å². The quantitative estimate of drug-likeness (QED) is 0.802. The maximum atomic E-state index is 11.8. The van der Waals surface area contributed by atoms with E-state index >= 15 is 0 Å². The molecule has 0 aromatic carbocycles. The molecule has 1 aliphatic rings. The molecule has 2 rings (SSSR count). The average Bonchev–Trinajstić information content (AvgIpc) is 2.45. The van der Waals surface area contributed by atoms with Crippen molar-refractivity contribution >= 4 is 6.03 Å². The molecule has 0 atom stereocenters. The summed E-state index contributed by atoms with van der Waals surface area (Å²) in [5.74, 6) is 0. The predicted octanol–water partition coefficient (Wildman–Crippen LogP) is 2.09. The summed E-state index contributed by atoms with van der Waals surface area (Å²) in [6.07, 6.45) is 8.09. The minimum Gasteiger partial charge on any atom is -0.385 e. The van der Waals surface area contributed by atoms with Gasteiger partial charge in [-0.2, -0.15) is 0 Å². The minimum atomic E-state index is -0.106. The fraction of sp³-hybridized carbons (Fsp3) is 0.600. The number of methoxy groups -OCH3 is 1. The van der Waals surface area contributed by atoms with Gasteiger partial charge in [0, 0.05) is 39.2 Å². The lowest BCUT2D eigenvalue weighted by molar-refractivity contribution is 0.0712. The molecule has 1 heterocycles. The summed E-state index contributed by atoms with van der Waals surface area (Å²) in [5, 5.41) is 5.85. The van der Waals surface area contributed by atoms with Crippen molar-refractivity contribution in [1.29, 1.82) is 0 Å². The van der Waals surface area contributed by atoms with E-state index in [1.165, 1.54) is 19.3 Å². The van der Waals surface area contributed by atoms with Gasteiger partial charge in [-0.05, 0) is 42.4 Å². The van der Waals surface area contributed by atoms with E-state index in [4.69, 9.17) is 4.74 Å². The highest BCUT2D eigenvalue weighted by Gasteiger charge is 2.36. The average molecular weight is 277 g/mol. The van der Waals surface area contributed by atoms with Crippen molar-refractivity contribution in [3.05, 3.63) is 30.1 Å². The molecular weight excluding hydrogens is 254 g/mol. The zero-order valence-corrected chi connectivity index (χ0v) is 12.0. The van der Waals surface area contributed by atoms with Crippen molar-refractivity contribution in [2.24, 2.45) is 5.41 Å². The number of pyridine rings is 1. The molecule has 2 N–H and O–H groups in total. The number of rotatable bonds is 7. The number of aromatic nitrogens is 1. The molecular formula is C15H23N3O2. The molecule has 0 saturated heterocycles. The van der Waals surface area contributed by atoms with Gasteiger partial charge in [-0.3, -0.25) is 4.98 Å². The maximum Gasteiger partial charge on any atom is 0.315 e. The number of carbonyl (C=O) groups is 1. The lowest BCUT2D eigenvalue weighted by Gasteiger charge is -2.42. The Morgan fingerprint density at radius 1 is 1.35 bits per heavy atom. The van der Waals surface area contributed by atoms with Crippen LogP contribution in [0.1, 0.15) is 31.2 Å². The van der Waals surface area contributed by atoms with Gasteiger partial charge in [-0.15, -0.1) is 0 Å². The van der Waals surface area contributed by atoms with Crippen molar-refractivity contribution in [3.63, 3.8) is 0 Å². The second-order valence-electron chi connectivity index (χ2n) is 5.49. The summed E-state index contributed by atoms with van der Waals surface area (Å²) in [6, 6.07) is 3.68. The van der Waals surface area contributed by atoms with Gasteiger partial charge >= 0.3 is 6.03 Å². The van der Waals surface area contributed by atoms with E-state index in [0.29, 0.717) is 6.54 Å². The number of hydrogen-bond acceptors (Lipinski definition) is 3. The summed E-state index contributed by atoms with van der Waals surface area (Å²) >= 11 is 0. The molecule has 2 amide bonds. The molecule has 0 aliphatic heterocycles. The number of hydrogen-bond donors (Lipinski definition) is 2. The first kappa shape index (κ1) is 14.8. The molecule has 20 heavy (non-hydrogen) atoms. The van der Waals surface area contributed by atoms with Gasteiger partial charge in [0.15, 0.2) is 0 Å². The van der Waals surface area contributed by atoms with E-state index < -0.39 is 0 Å². The third-order valence-corrected chi connectivity index (χ3v) is 4.08. The standard InChI is InChI=1S/C15H23N3O2/c1-20-10-7-15(5-2-6-15)12-18-14(19)17-11-13-3-8-16-9-4-13/h3-4,8-9H,2,5-7,10-12H2,1H3,(H2,17,18,19). The van der Waals surface area contributed by atoms with Crippen LogP contribution in [0.25, 0.3) is 0 Å². The molecule has 0 radical (unpaired) electrons. The highest BCUT2D eigenvalue weighted by atomic mass is 16.5. The number of ether oxygens (including phenoxy) is 1. The summed E-state index contributed by atoms with van der Waals surface area (Å²) in [5.41, 5.74) is 1.30. The second kappa shape index (κ2) is 7.24. The Morgan fingerprint density at radius 2 is 2.10 bits per heavy atom. The van der Waals surface area contributed by atoms with Gasteiger partial charge in [0.1, 0.15) is 0 Å². The fourth-order valence-electron chi connectivity index (χ4n) is 2.52. The minimum absolute atomic E-state index is 0.106. The van der Waals surface area contributed by atoms with Crippen LogP contribution >= 0.6 is 0 Å². The molecule has 1 fully saturated rings. The largest absolute Gasteiger partial charge is 0.385 e. The summed E-state index contributed by atoms with van der Waals surface area (Å²) < 4.78 is 5.15. The van der Waals surface area contributed by atoms with E-state index in [1.807, 2.05) is 12.1 Å². The Morgan fingerprint density at radius 3 is 2.70 bits per heavy atom. The lowest BCUT2D eigenvalue weighted by Crippen LogP contribution is -2.46. The molecule has 110 valence electrons. The van der Waals surface area contributed by atoms with Crippen LogP contribution < -0.4 is 10.6 Å². The van der Waals surface area contributed by atoms with Crippen LogP contribution in [0, 0.1) is 5.41 Å². The SMILES string of the molecule is COCCC1(CNC(=O)NCc2ccncc2)CCC1. The second-order valence-corrected chi connectivity index (χ2v) is 5.49. The van der Waals surface area contributed by atoms with Gasteiger partial charge in [-0.25, -0.2) is 4.79 Å². The number of nitrogens with one attached hydrogen (secondary N) is 2. The Hall–Kier alpha value is -1.62. The van der Waals surface area contributed by atoms with Gasteiger partial charge in [0.2, 0.25) is 0 Å². The molecule has 0 bridgehead atoms. The van der Waals surface area contributed by atoms with Crippen molar-refractivity contribution in [2.45, 2.75) is 32.2 Å². The van der Waals surface area contributed by atoms with Gasteiger partial charge in [0.25, 0.3) is 0 Å². The van der Waals surface area contributed by atoms with Crippen molar-refractivity contribution < 1.29 is 9.53 Å². The highest BCUT2D eigenvalue weighted by Crippen LogP contribution is 2.43. The molecule has 1 aromatic heterocycles. The Bertz CT molecular complexity index is 418. The first-order valence-electron chi connectivity index (χ1n) is 7.14. The molecule has 5 nitrogen and oxygen atoms in total. The third kappa shape index (κ3) is 4.20. The van der Waals surface area contributed by atoms with Crippen LogP contribution in [-0.2, 0) is 11.3 Å². The first-order valence-corrected chi connectivity index (χ1v) is 7.14. The predicted molar refractivity (Wildman–Crippen MR) is 77.3 cm³/mol.